The minimum atomic E-state index is -4.37. The van der Waals surface area contributed by atoms with E-state index in [1.165, 1.54) is 122 Å². The maximum atomic E-state index is 12.7. The van der Waals surface area contributed by atoms with Gasteiger partial charge in [-0.05, 0) is 44.9 Å². The Morgan fingerprint density at radius 3 is 1.45 bits per heavy atom. The number of allylic oxidation sites excluding steroid dienone is 4. The Hall–Kier alpha value is -1.51. The molecule has 0 saturated carbocycles. The third kappa shape index (κ3) is 42.1. The van der Waals surface area contributed by atoms with E-state index in [-0.39, 0.29) is 25.6 Å². The summed E-state index contributed by atoms with van der Waals surface area (Å²) in [5.41, 5.74) is 0. The summed E-state index contributed by atoms with van der Waals surface area (Å²) in [6.07, 6.45) is 42.1. The molecule has 0 aromatic carbocycles. The summed E-state index contributed by atoms with van der Waals surface area (Å²) >= 11 is 0. The summed E-state index contributed by atoms with van der Waals surface area (Å²) in [7, 11) is 1.48. The molecule has 1 N–H and O–H groups in total. The van der Waals surface area contributed by atoms with Crippen LogP contribution in [0.25, 0.3) is 0 Å². The van der Waals surface area contributed by atoms with Crippen molar-refractivity contribution in [3.8, 4) is 0 Å². The molecule has 56 heavy (non-hydrogen) atoms. The number of hydrogen-bond acceptors (Lipinski definition) is 7. The summed E-state index contributed by atoms with van der Waals surface area (Å²) in [4.78, 5) is 35.4. The predicted octanol–water partition coefficient (Wildman–Crippen LogP) is 13.1. The monoisotopic (exact) mass is 815 g/mol. The number of unbranched alkanes of at least 4 members (excludes halogenated alkanes) is 24. The fourth-order valence-electron chi connectivity index (χ4n) is 6.34. The number of likely N-dealkylation sites (N-methyl/N-ethyl adjacent to an activating group) is 1. The van der Waals surface area contributed by atoms with Gasteiger partial charge >= 0.3 is 19.8 Å². The lowest BCUT2D eigenvalue weighted by Crippen LogP contribution is -2.37. The van der Waals surface area contributed by atoms with Gasteiger partial charge in [-0.1, -0.05) is 173 Å². The van der Waals surface area contributed by atoms with Crippen LogP contribution < -0.4 is 0 Å². The topological polar surface area (TPSA) is 108 Å². The predicted molar refractivity (Wildman–Crippen MR) is 234 cm³/mol. The molecular weight excluding hydrogens is 725 g/mol. The molecule has 0 amide bonds. The van der Waals surface area contributed by atoms with Crippen LogP contribution in [0.3, 0.4) is 0 Å². The van der Waals surface area contributed by atoms with Gasteiger partial charge in [0.1, 0.15) is 19.8 Å². The molecule has 0 aliphatic heterocycles. The Labute approximate surface area is 345 Å². The molecule has 10 heteroatoms. The van der Waals surface area contributed by atoms with Gasteiger partial charge in [-0.3, -0.25) is 18.6 Å². The fourth-order valence-corrected chi connectivity index (χ4v) is 7.08. The van der Waals surface area contributed by atoms with Gasteiger partial charge in [0.15, 0.2) is 6.10 Å². The number of rotatable bonds is 42. The molecule has 0 aromatic rings. The van der Waals surface area contributed by atoms with E-state index in [2.05, 4.69) is 38.2 Å². The standard InChI is InChI=1S/C46H88NO8P/c1-6-8-10-12-14-16-18-20-22-23-25-27-29-31-33-35-37-39-46(49)55-44(43-54-56(50,51)53-41-40-47(3,4)5)42-52-45(48)38-36-34-32-30-28-26-24-21-19-17-15-13-11-9-7-2/h14,16,20,22,44H,6-13,15,17-19,21,23-43H2,1-5H3/p+1/b16-14-,22-20-/t44-/m1/s1. The lowest BCUT2D eigenvalue weighted by Gasteiger charge is -2.24. The Morgan fingerprint density at radius 1 is 0.554 bits per heavy atom. The van der Waals surface area contributed by atoms with Crippen LogP contribution in [0.5, 0.6) is 0 Å². The molecule has 0 heterocycles. The number of quaternary nitrogens is 1. The van der Waals surface area contributed by atoms with Crippen molar-refractivity contribution in [1.82, 2.24) is 0 Å². The Kier molecular flexibility index (Phi) is 37.9. The number of ether oxygens (including phenoxy) is 2. The molecule has 0 aliphatic rings. The number of hydrogen-bond donors (Lipinski definition) is 1. The van der Waals surface area contributed by atoms with Gasteiger partial charge in [-0.25, -0.2) is 4.57 Å². The van der Waals surface area contributed by atoms with Crippen molar-refractivity contribution in [3.05, 3.63) is 24.3 Å². The summed E-state index contributed by atoms with van der Waals surface area (Å²) in [6.45, 7) is 4.41. The van der Waals surface area contributed by atoms with Crippen LogP contribution in [0.2, 0.25) is 0 Å². The van der Waals surface area contributed by atoms with E-state index in [0.717, 1.165) is 51.4 Å². The fraction of sp³-hybridized carbons (Fsp3) is 0.870. The maximum Gasteiger partial charge on any atom is 0.472 e. The van der Waals surface area contributed by atoms with Crippen molar-refractivity contribution >= 4 is 19.8 Å². The molecule has 0 rings (SSSR count). The maximum absolute atomic E-state index is 12.7. The zero-order chi connectivity index (χ0) is 41.4. The van der Waals surface area contributed by atoms with Gasteiger partial charge in [-0.2, -0.15) is 0 Å². The van der Waals surface area contributed by atoms with Crippen molar-refractivity contribution in [2.24, 2.45) is 0 Å². The summed E-state index contributed by atoms with van der Waals surface area (Å²) in [5, 5.41) is 0. The van der Waals surface area contributed by atoms with E-state index >= 15 is 0 Å². The van der Waals surface area contributed by atoms with Crippen molar-refractivity contribution in [2.45, 2.75) is 213 Å². The van der Waals surface area contributed by atoms with Crippen molar-refractivity contribution in [3.63, 3.8) is 0 Å². The first-order valence-corrected chi connectivity index (χ1v) is 24.6. The molecule has 0 radical (unpaired) electrons. The molecule has 2 atom stereocenters. The second-order valence-corrected chi connectivity index (χ2v) is 18.2. The zero-order valence-electron chi connectivity index (χ0n) is 37.1. The van der Waals surface area contributed by atoms with Crippen molar-refractivity contribution in [2.75, 3.05) is 47.5 Å². The highest BCUT2D eigenvalue weighted by molar-refractivity contribution is 7.47. The van der Waals surface area contributed by atoms with Gasteiger partial charge in [0.2, 0.25) is 0 Å². The van der Waals surface area contributed by atoms with Gasteiger partial charge in [0.05, 0.1) is 27.7 Å². The summed E-state index contributed by atoms with van der Waals surface area (Å²) in [5.74, 6) is -0.799. The second-order valence-electron chi connectivity index (χ2n) is 16.8. The third-order valence-electron chi connectivity index (χ3n) is 9.98. The first-order chi connectivity index (χ1) is 27.0. The number of carbonyl (C=O) groups is 2. The minimum absolute atomic E-state index is 0.0319. The van der Waals surface area contributed by atoms with Gasteiger partial charge in [0.25, 0.3) is 0 Å². The van der Waals surface area contributed by atoms with E-state index in [1.807, 2.05) is 21.1 Å². The number of nitrogens with zero attached hydrogens (tertiary/aromatic N) is 1. The first-order valence-electron chi connectivity index (χ1n) is 23.1. The highest BCUT2D eigenvalue weighted by Crippen LogP contribution is 2.43. The molecule has 9 nitrogen and oxygen atoms in total. The van der Waals surface area contributed by atoms with Crippen LogP contribution in [-0.4, -0.2) is 74.9 Å². The number of esters is 2. The Balaban J connectivity index is 4.33. The van der Waals surface area contributed by atoms with Crippen LogP contribution in [0.1, 0.15) is 206 Å². The number of carbonyl (C=O) groups excluding carboxylic acids is 2. The smallest absolute Gasteiger partial charge is 0.462 e. The summed E-state index contributed by atoms with van der Waals surface area (Å²) in [6, 6.07) is 0. The van der Waals surface area contributed by atoms with Crippen molar-refractivity contribution < 1.29 is 42.1 Å². The zero-order valence-corrected chi connectivity index (χ0v) is 38.0. The molecule has 330 valence electrons. The molecule has 0 spiro atoms. The lowest BCUT2D eigenvalue weighted by atomic mass is 10.0. The SMILES string of the molecule is CCCCC/C=C\C/C=C\CCCCCCCCCC(=O)O[C@H](COC(=O)CCCCCCCCCCCCCCCCC)COP(=O)(O)OCC[N+](C)(C)C. The highest BCUT2D eigenvalue weighted by Gasteiger charge is 2.27. The molecular formula is C46H89NO8P+. The number of phosphoric ester groups is 1. The Morgan fingerprint density at radius 2 is 0.964 bits per heavy atom. The second kappa shape index (κ2) is 39.0. The molecule has 0 bridgehead atoms. The molecule has 0 fully saturated rings. The van der Waals surface area contributed by atoms with Crippen LogP contribution >= 0.6 is 7.82 Å². The van der Waals surface area contributed by atoms with E-state index in [4.69, 9.17) is 18.5 Å². The van der Waals surface area contributed by atoms with Crippen LogP contribution in [0.4, 0.5) is 0 Å². The van der Waals surface area contributed by atoms with Crippen LogP contribution in [0.15, 0.2) is 24.3 Å². The van der Waals surface area contributed by atoms with Crippen molar-refractivity contribution in [1.29, 1.82) is 0 Å². The number of phosphoric acid groups is 1. The Bertz CT molecular complexity index is 1010. The highest BCUT2D eigenvalue weighted by atomic mass is 31.2. The van der Waals surface area contributed by atoms with E-state index in [9.17, 15) is 19.0 Å². The normalized spacial score (nSPS) is 13.8. The summed E-state index contributed by atoms with van der Waals surface area (Å²) < 4.78 is 34.3. The van der Waals surface area contributed by atoms with Crippen LogP contribution in [-0.2, 0) is 32.7 Å². The molecule has 0 saturated heterocycles. The average molecular weight is 815 g/mol. The molecule has 0 aromatic heterocycles. The largest absolute Gasteiger partial charge is 0.472 e. The van der Waals surface area contributed by atoms with Gasteiger partial charge in [-0.15, -0.1) is 0 Å². The quantitative estimate of drug-likeness (QED) is 0.0213. The van der Waals surface area contributed by atoms with E-state index in [1.54, 1.807) is 0 Å². The third-order valence-corrected chi connectivity index (χ3v) is 11.0. The molecule has 1 unspecified atom stereocenters. The van der Waals surface area contributed by atoms with Gasteiger partial charge < -0.3 is 18.9 Å². The first kappa shape index (κ1) is 54.5. The van der Waals surface area contributed by atoms with Crippen LogP contribution in [0, 0.1) is 0 Å². The average Bonchev–Trinajstić information content (AvgIpc) is 3.15. The minimum Gasteiger partial charge on any atom is -0.462 e. The van der Waals surface area contributed by atoms with E-state index < -0.39 is 26.5 Å². The molecule has 0 aliphatic carbocycles. The van der Waals surface area contributed by atoms with E-state index in [0.29, 0.717) is 23.9 Å². The van der Waals surface area contributed by atoms with Gasteiger partial charge in [0, 0.05) is 12.8 Å². The lowest BCUT2D eigenvalue weighted by molar-refractivity contribution is -0.870.